The first-order valence-corrected chi connectivity index (χ1v) is 10.9. The van der Waals surface area contributed by atoms with Crippen molar-refractivity contribution in [1.29, 1.82) is 0 Å². The van der Waals surface area contributed by atoms with Crippen LogP contribution in [0, 0.1) is 6.92 Å². The molecule has 1 fully saturated rings. The normalized spacial score (nSPS) is 15.8. The number of carbonyl (C=O) groups is 2. The summed E-state index contributed by atoms with van der Waals surface area (Å²) < 4.78 is 21.7. The maximum Gasteiger partial charge on any atom is 0.254 e. The minimum Gasteiger partial charge on any atom is -0.493 e. The van der Waals surface area contributed by atoms with Crippen molar-refractivity contribution in [2.45, 2.75) is 13.0 Å². The van der Waals surface area contributed by atoms with Gasteiger partial charge in [0, 0.05) is 44.4 Å². The standard InChI is InChI=1S/C25H32N2O6/c1-18-5-7-19(8-6-18)24(28)26(11-13-30-2)16-21-17-27(12-14-33-21)25(29)20-9-10-22(31-3)23(15-20)32-4/h5-10,15,21H,11-14,16-17H2,1-4H3/t21-/m1/s1. The summed E-state index contributed by atoms with van der Waals surface area (Å²) in [6, 6.07) is 12.6. The predicted octanol–water partition coefficient (Wildman–Crippen LogP) is 2.64. The van der Waals surface area contributed by atoms with Crippen LogP contribution in [0.25, 0.3) is 0 Å². The molecule has 0 spiro atoms. The van der Waals surface area contributed by atoms with Gasteiger partial charge in [-0.3, -0.25) is 9.59 Å². The van der Waals surface area contributed by atoms with Gasteiger partial charge in [0.25, 0.3) is 11.8 Å². The number of hydrogen-bond acceptors (Lipinski definition) is 6. The molecule has 2 amide bonds. The van der Waals surface area contributed by atoms with Crippen LogP contribution in [0.3, 0.4) is 0 Å². The molecule has 8 heteroatoms. The maximum absolute atomic E-state index is 13.1. The molecule has 0 unspecified atom stereocenters. The van der Waals surface area contributed by atoms with Crippen molar-refractivity contribution in [2.24, 2.45) is 0 Å². The molecule has 1 atom stereocenters. The molecule has 8 nitrogen and oxygen atoms in total. The molecule has 178 valence electrons. The molecule has 1 aliphatic rings. The fourth-order valence-electron chi connectivity index (χ4n) is 3.77. The zero-order valence-electron chi connectivity index (χ0n) is 19.7. The van der Waals surface area contributed by atoms with Crippen LogP contribution >= 0.6 is 0 Å². The van der Waals surface area contributed by atoms with E-state index in [1.165, 1.54) is 7.11 Å². The Hall–Kier alpha value is -3.10. The van der Waals surface area contributed by atoms with E-state index >= 15 is 0 Å². The van der Waals surface area contributed by atoms with Crippen LogP contribution in [-0.2, 0) is 9.47 Å². The molecule has 0 saturated carbocycles. The monoisotopic (exact) mass is 456 g/mol. The summed E-state index contributed by atoms with van der Waals surface area (Å²) in [6.45, 7) is 4.47. The Labute approximate surface area is 195 Å². The quantitative estimate of drug-likeness (QED) is 0.577. The average molecular weight is 457 g/mol. The highest BCUT2D eigenvalue weighted by Crippen LogP contribution is 2.28. The number of aryl methyl sites for hydroxylation is 1. The van der Waals surface area contributed by atoms with Gasteiger partial charge in [-0.05, 0) is 37.3 Å². The first-order chi connectivity index (χ1) is 16.0. The molecular weight excluding hydrogens is 424 g/mol. The number of nitrogens with zero attached hydrogens (tertiary/aromatic N) is 2. The van der Waals surface area contributed by atoms with Crippen LogP contribution < -0.4 is 9.47 Å². The van der Waals surface area contributed by atoms with E-state index in [0.717, 1.165) is 5.56 Å². The van der Waals surface area contributed by atoms with E-state index in [9.17, 15) is 9.59 Å². The highest BCUT2D eigenvalue weighted by molar-refractivity contribution is 5.95. The molecule has 33 heavy (non-hydrogen) atoms. The van der Waals surface area contributed by atoms with Crippen molar-refractivity contribution >= 4 is 11.8 Å². The van der Waals surface area contributed by atoms with Gasteiger partial charge < -0.3 is 28.7 Å². The highest BCUT2D eigenvalue weighted by atomic mass is 16.5. The Kier molecular flexibility index (Phi) is 8.68. The number of carbonyl (C=O) groups excluding carboxylic acids is 2. The fraction of sp³-hybridized carbons (Fsp3) is 0.440. The van der Waals surface area contributed by atoms with Crippen LogP contribution in [0.1, 0.15) is 26.3 Å². The molecule has 1 saturated heterocycles. The Bertz CT molecular complexity index is 946. The van der Waals surface area contributed by atoms with Crippen molar-refractivity contribution in [3.63, 3.8) is 0 Å². The van der Waals surface area contributed by atoms with E-state index in [1.807, 2.05) is 31.2 Å². The SMILES string of the molecule is COCCN(C[C@@H]1CN(C(=O)c2ccc(OC)c(OC)c2)CCO1)C(=O)c1ccc(C)cc1. The van der Waals surface area contributed by atoms with E-state index in [4.69, 9.17) is 18.9 Å². The summed E-state index contributed by atoms with van der Waals surface area (Å²) >= 11 is 0. The third-order valence-electron chi connectivity index (χ3n) is 5.63. The van der Waals surface area contributed by atoms with Gasteiger partial charge in [0.1, 0.15) is 0 Å². The van der Waals surface area contributed by atoms with E-state index in [-0.39, 0.29) is 17.9 Å². The molecule has 1 heterocycles. The molecule has 0 aromatic heterocycles. The van der Waals surface area contributed by atoms with Crippen molar-refractivity contribution in [1.82, 2.24) is 9.80 Å². The lowest BCUT2D eigenvalue weighted by molar-refractivity contribution is -0.0347. The van der Waals surface area contributed by atoms with E-state index in [0.29, 0.717) is 62.0 Å². The van der Waals surface area contributed by atoms with Crippen molar-refractivity contribution in [2.75, 3.05) is 60.7 Å². The zero-order chi connectivity index (χ0) is 23.8. The molecule has 0 bridgehead atoms. The summed E-state index contributed by atoms with van der Waals surface area (Å²) in [5.41, 5.74) is 2.22. The average Bonchev–Trinajstić information content (AvgIpc) is 2.85. The van der Waals surface area contributed by atoms with Gasteiger partial charge >= 0.3 is 0 Å². The summed E-state index contributed by atoms with van der Waals surface area (Å²) in [5, 5.41) is 0. The summed E-state index contributed by atoms with van der Waals surface area (Å²) in [7, 11) is 4.70. The number of methoxy groups -OCH3 is 3. The van der Waals surface area contributed by atoms with Crippen molar-refractivity contribution in [3.8, 4) is 11.5 Å². The zero-order valence-corrected chi connectivity index (χ0v) is 19.7. The Morgan fingerprint density at radius 2 is 1.73 bits per heavy atom. The van der Waals surface area contributed by atoms with Gasteiger partial charge in [-0.25, -0.2) is 0 Å². The largest absolute Gasteiger partial charge is 0.493 e. The number of benzene rings is 2. The van der Waals surface area contributed by atoms with Gasteiger partial charge in [-0.15, -0.1) is 0 Å². The summed E-state index contributed by atoms with van der Waals surface area (Å²) in [4.78, 5) is 29.7. The van der Waals surface area contributed by atoms with Gasteiger partial charge in [0.2, 0.25) is 0 Å². The maximum atomic E-state index is 13.1. The molecule has 0 aliphatic carbocycles. The van der Waals surface area contributed by atoms with Gasteiger partial charge in [0.15, 0.2) is 11.5 Å². The summed E-state index contributed by atoms with van der Waals surface area (Å²) in [5.74, 6) is 0.872. The Morgan fingerprint density at radius 1 is 1.03 bits per heavy atom. The van der Waals surface area contributed by atoms with E-state index in [2.05, 4.69) is 0 Å². The lowest BCUT2D eigenvalue weighted by Gasteiger charge is -2.36. The smallest absolute Gasteiger partial charge is 0.254 e. The van der Waals surface area contributed by atoms with Gasteiger partial charge in [0.05, 0.1) is 33.5 Å². The van der Waals surface area contributed by atoms with Gasteiger partial charge in [-0.1, -0.05) is 17.7 Å². The molecule has 3 rings (SSSR count). The Balaban J connectivity index is 1.70. The van der Waals surface area contributed by atoms with Crippen molar-refractivity contribution in [3.05, 3.63) is 59.2 Å². The van der Waals surface area contributed by atoms with Gasteiger partial charge in [-0.2, -0.15) is 0 Å². The number of amides is 2. The number of ether oxygens (including phenoxy) is 4. The highest BCUT2D eigenvalue weighted by Gasteiger charge is 2.28. The minimum absolute atomic E-state index is 0.0843. The third-order valence-corrected chi connectivity index (χ3v) is 5.63. The molecule has 1 aliphatic heterocycles. The van der Waals surface area contributed by atoms with Crippen LogP contribution in [0.15, 0.2) is 42.5 Å². The van der Waals surface area contributed by atoms with Crippen LogP contribution in [-0.4, -0.2) is 88.4 Å². The second kappa shape index (κ2) is 11.7. The van der Waals surface area contributed by atoms with Crippen LogP contribution in [0.5, 0.6) is 11.5 Å². The minimum atomic E-state index is -0.297. The topological polar surface area (TPSA) is 77.5 Å². The molecule has 2 aromatic carbocycles. The van der Waals surface area contributed by atoms with Crippen LogP contribution in [0.4, 0.5) is 0 Å². The lowest BCUT2D eigenvalue weighted by Crippen LogP contribution is -2.51. The van der Waals surface area contributed by atoms with E-state index in [1.54, 1.807) is 42.2 Å². The second-order valence-corrected chi connectivity index (χ2v) is 7.92. The molecule has 2 aromatic rings. The lowest BCUT2D eigenvalue weighted by atomic mass is 10.1. The predicted molar refractivity (Wildman–Crippen MR) is 124 cm³/mol. The Morgan fingerprint density at radius 3 is 2.39 bits per heavy atom. The first kappa shape index (κ1) is 24.5. The molecular formula is C25H32N2O6. The fourth-order valence-corrected chi connectivity index (χ4v) is 3.77. The molecule has 0 radical (unpaired) electrons. The van der Waals surface area contributed by atoms with Crippen LogP contribution in [0.2, 0.25) is 0 Å². The number of rotatable bonds is 9. The molecule has 0 N–H and O–H groups in total. The number of morpholine rings is 1. The second-order valence-electron chi connectivity index (χ2n) is 7.92. The van der Waals surface area contributed by atoms with Crippen molar-refractivity contribution < 1.29 is 28.5 Å². The summed E-state index contributed by atoms with van der Waals surface area (Å²) in [6.07, 6.45) is -0.297. The third kappa shape index (κ3) is 6.24. The first-order valence-electron chi connectivity index (χ1n) is 10.9. The number of hydrogen-bond donors (Lipinski definition) is 0. The van der Waals surface area contributed by atoms with E-state index < -0.39 is 0 Å².